The van der Waals surface area contributed by atoms with E-state index < -0.39 is 11.7 Å². The van der Waals surface area contributed by atoms with E-state index >= 15 is 0 Å². The Kier molecular flexibility index (Phi) is 4.79. The van der Waals surface area contributed by atoms with Gasteiger partial charge in [-0.2, -0.15) is 13.2 Å². The SMILES string of the molecule is Cc1ccc(OCc2coc(-c3ccc(C(F)(F)F)cc3)n2)c(C=O)c1. The first-order chi connectivity index (χ1) is 12.4. The van der Waals surface area contributed by atoms with Gasteiger partial charge in [0.05, 0.1) is 11.1 Å². The molecular formula is C19H14F3NO3. The van der Waals surface area contributed by atoms with Crippen LogP contribution in [0.25, 0.3) is 11.5 Å². The second-order valence-electron chi connectivity index (χ2n) is 5.67. The molecule has 0 aliphatic rings. The zero-order chi connectivity index (χ0) is 18.7. The van der Waals surface area contributed by atoms with E-state index in [0.29, 0.717) is 28.9 Å². The summed E-state index contributed by atoms with van der Waals surface area (Å²) < 4.78 is 48.7. The summed E-state index contributed by atoms with van der Waals surface area (Å²) in [6.07, 6.45) is -2.32. The molecule has 0 aliphatic heterocycles. The van der Waals surface area contributed by atoms with Gasteiger partial charge in [0.1, 0.15) is 24.3 Å². The van der Waals surface area contributed by atoms with Crippen molar-refractivity contribution in [2.75, 3.05) is 0 Å². The summed E-state index contributed by atoms with van der Waals surface area (Å²) in [6, 6.07) is 9.75. The van der Waals surface area contributed by atoms with Crippen LogP contribution in [0.5, 0.6) is 5.75 Å². The number of oxazole rings is 1. The maximum Gasteiger partial charge on any atom is 0.416 e. The van der Waals surface area contributed by atoms with Gasteiger partial charge < -0.3 is 9.15 Å². The predicted molar refractivity (Wildman–Crippen MR) is 87.8 cm³/mol. The number of aromatic nitrogens is 1. The lowest BCUT2D eigenvalue weighted by Crippen LogP contribution is -2.04. The maximum absolute atomic E-state index is 12.6. The van der Waals surface area contributed by atoms with E-state index in [4.69, 9.17) is 9.15 Å². The Labute approximate surface area is 147 Å². The summed E-state index contributed by atoms with van der Waals surface area (Å²) in [7, 11) is 0. The van der Waals surface area contributed by atoms with Crippen LogP contribution in [0.4, 0.5) is 13.2 Å². The highest BCUT2D eigenvalue weighted by molar-refractivity contribution is 5.79. The Bertz CT molecular complexity index is 915. The molecule has 0 atom stereocenters. The summed E-state index contributed by atoms with van der Waals surface area (Å²) >= 11 is 0. The Morgan fingerprint density at radius 2 is 1.88 bits per heavy atom. The van der Waals surface area contributed by atoms with Gasteiger partial charge in [-0.05, 0) is 43.3 Å². The van der Waals surface area contributed by atoms with Crippen molar-refractivity contribution in [3.63, 3.8) is 0 Å². The van der Waals surface area contributed by atoms with Crippen LogP contribution in [0.1, 0.15) is 27.2 Å². The minimum absolute atomic E-state index is 0.0635. The van der Waals surface area contributed by atoms with Crippen LogP contribution in [0.3, 0.4) is 0 Å². The third-order valence-corrected chi connectivity index (χ3v) is 3.68. The first-order valence-corrected chi connectivity index (χ1v) is 7.67. The predicted octanol–water partition coefficient (Wildman–Crippen LogP) is 5.06. The number of rotatable bonds is 5. The van der Waals surface area contributed by atoms with Crippen molar-refractivity contribution < 1.29 is 27.1 Å². The van der Waals surface area contributed by atoms with Crippen molar-refractivity contribution in [3.8, 4) is 17.2 Å². The van der Waals surface area contributed by atoms with E-state index in [9.17, 15) is 18.0 Å². The van der Waals surface area contributed by atoms with Gasteiger partial charge in [-0.3, -0.25) is 4.79 Å². The molecule has 1 aromatic heterocycles. The Morgan fingerprint density at radius 1 is 1.15 bits per heavy atom. The zero-order valence-corrected chi connectivity index (χ0v) is 13.7. The number of hydrogen-bond donors (Lipinski definition) is 0. The van der Waals surface area contributed by atoms with E-state index in [1.165, 1.54) is 18.4 Å². The van der Waals surface area contributed by atoms with E-state index in [0.717, 1.165) is 17.7 Å². The molecular weight excluding hydrogens is 347 g/mol. The summed E-state index contributed by atoms with van der Waals surface area (Å²) in [5.41, 5.74) is 1.50. The lowest BCUT2D eigenvalue weighted by molar-refractivity contribution is -0.137. The molecule has 0 saturated carbocycles. The van der Waals surface area contributed by atoms with Crippen molar-refractivity contribution >= 4 is 6.29 Å². The van der Waals surface area contributed by atoms with Crippen LogP contribution in [0, 0.1) is 6.92 Å². The van der Waals surface area contributed by atoms with Gasteiger partial charge in [-0.15, -0.1) is 0 Å². The largest absolute Gasteiger partial charge is 0.486 e. The number of aryl methyl sites for hydroxylation is 1. The van der Waals surface area contributed by atoms with Gasteiger partial charge in [0.15, 0.2) is 6.29 Å². The average molecular weight is 361 g/mol. The molecule has 0 saturated heterocycles. The monoisotopic (exact) mass is 361 g/mol. The first kappa shape index (κ1) is 17.7. The molecule has 1 heterocycles. The summed E-state index contributed by atoms with van der Waals surface area (Å²) in [5.74, 6) is 0.613. The van der Waals surface area contributed by atoms with Gasteiger partial charge in [0, 0.05) is 5.56 Å². The van der Waals surface area contributed by atoms with E-state index in [1.54, 1.807) is 12.1 Å². The van der Waals surface area contributed by atoms with Crippen molar-refractivity contribution in [2.24, 2.45) is 0 Å². The minimum Gasteiger partial charge on any atom is -0.486 e. The average Bonchev–Trinajstić information content (AvgIpc) is 3.09. The molecule has 26 heavy (non-hydrogen) atoms. The second kappa shape index (κ2) is 7.03. The van der Waals surface area contributed by atoms with Crippen molar-refractivity contribution in [2.45, 2.75) is 19.7 Å². The van der Waals surface area contributed by atoms with E-state index in [2.05, 4.69) is 4.98 Å². The van der Waals surface area contributed by atoms with Gasteiger partial charge in [-0.1, -0.05) is 11.6 Å². The molecule has 0 amide bonds. The minimum atomic E-state index is -4.39. The fourth-order valence-corrected chi connectivity index (χ4v) is 2.35. The first-order valence-electron chi connectivity index (χ1n) is 7.67. The number of benzene rings is 2. The third-order valence-electron chi connectivity index (χ3n) is 3.68. The topological polar surface area (TPSA) is 52.3 Å². The van der Waals surface area contributed by atoms with Crippen molar-refractivity contribution in [1.29, 1.82) is 0 Å². The number of nitrogens with zero attached hydrogens (tertiary/aromatic N) is 1. The van der Waals surface area contributed by atoms with Crippen LogP contribution >= 0.6 is 0 Å². The highest BCUT2D eigenvalue weighted by Crippen LogP contribution is 2.31. The molecule has 0 spiro atoms. The quantitative estimate of drug-likeness (QED) is 0.596. The summed E-state index contributed by atoms with van der Waals surface area (Å²) in [6.45, 7) is 1.93. The zero-order valence-electron chi connectivity index (χ0n) is 13.7. The van der Waals surface area contributed by atoms with E-state index in [-0.39, 0.29) is 12.5 Å². The summed E-state index contributed by atoms with van der Waals surface area (Å²) in [5, 5.41) is 0. The molecule has 0 radical (unpaired) electrons. The standard InChI is InChI=1S/C19H14F3NO3/c1-12-2-7-17(14(8-12)9-24)25-10-16-11-26-18(23-16)13-3-5-15(6-4-13)19(20,21)22/h2-9,11H,10H2,1H3. The molecule has 3 rings (SSSR count). The van der Waals surface area contributed by atoms with Crippen LogP contribution in [-0.2, 0) is 12.8 Å². The van der Waals surface area contributed by atoms with Crippen molar-refractivity contribution in [3.05, 3.63) is 71.1 Å². The third kappa shape index (κ3) is 3.93. The highest BCUT2D eigenvalue weighted by Gasteiger charge is 2.30. The van der Waals surface area contributed by atoms with Gasteiger partial charge >= 0.3 is 6.18 Å². The van der Waals surface area contributed by atoms with Crippen LogP contribution in [0.2, 0.25) is 0 Å². The van der Waals surface area contributed by atoms with Crippen LogP contribution in [-0.4, -0.2) is 11.3 Å². The lowest BCUT2D eigenvalue weighted by Gasteiger charge is -2.07. The number of carbonyl (C=O) groups is 1. The molecule has 0 bridgehead atoms. The molecule has 7 heteroatoms. The molecule has 2 aromatic carbocycles. The maximum atomic E-state index is 12.6. The van der Waals surface area contributed by atoms with Gasteiger partial charge in [-0.25, -0.2) is 4.98 Å². The highest BCUT2D eigenvalue weighted by atomic mass is 19.4. The molecule has 3 aromatic rings. The number of alkyl halides is 3. The van der Waals surface area contributed by atoms with Gasteiger partial charge in [0.2, 0.25) is 5.89 Å². The molecule has 0 unspecified atom stereocenters. The molecule has 0 aliphatic carbocycles. The Hall–Kier alpha value is -3.09. The normalized spacial score (nSPS) is 11.4. The van der Waals surface area contributed by atoms with Crippen LogP contribution < -0.4 is 4.74 Å². The number of aldehydes is 1. The second-order valence-corrected chi connectivity index (χ2v) is 5.67. The number of ether oxygens (including phenoxy) is 1. The Morgan fingerprint density at radius 3 is 2.54 bits per heavy atom. The number of hydrogen-bond acceptors (Lipinski definition) is 4. The molecule has 0 fully saturated rings. The fourth-order valence-electron chi connectivity index (χ4n) is 2.35. The van der Waals surface area contributed by atoms with E-state index in [1.807, 2.05) is 13.0 Å². The number of halogens is 3. The fraction of sp³-hybridized carbons (Fsp3) is 0.158. The molecule has 0 N–H and O–H groups in total. The molecule has 4 nitrogen and oxygen atoms in total. The molecule has 134 valence electrons. The van der Waals surface area contributed by atoms with Gasteiger partial charge in [0.25, 0.3) is 0 Å². The van der Waals surface area contributed by atoms with Crippen LogP contribution in [0.15, 0.2) is 53.1 Å². The Balaban J connectivity index is 1.71. The lowest BCUT2D eigenvalue weighted by atomic mass is 10.1. The number of carbonyl (C=O) groups excluding carboxylic acids is 1. The smallest absolute Gasteiger partial charge is 0.416 e. The summed E-state index contributed by atoms with van der Waals surface area (Å²) in [4.78, 5) is 15.3. The van der Waals surface area contributed by atoms with Crippen molar-refractivity contribution in [1.82, 2.24) is 4.98 Å².